The summed E-state index contributed by atoms with van der Waals surface area (Å²) in [4.78, 5) is 22.1. The van der Waals surface area contributed by atoms with Crippen molar-refractivity contribution in [3.63, 3.8) is 0 Å². The molecule has 1 aromatic rings. The van der Waals surface area contributed by atoms with E-state index < -0.39 is 43.3 Å². The van der Waals surface area contributed by atoms with Gasteiger partial charge in [-0.1, -0.05) is 30.3 Å². The van der Waals surface area contributed by atoms with Crippen LogP contribution in [-0.4, -0.2) is 57.3 Å². The number of carboxylic acids is 1. The molecule has 0 saturated carbocycles. The number of benzene rings is 1. The Kier molecular flexibility index (Phi) is 8.03. The lowest BCUT2D eigenvalue weighted by Crippen LogP contribution is -2.47. The molecule has 0 fully saturated rings. The molecule has 0 unspecified atom stereocenters. The number of aliphatic hydroxyl groups excluding tert-OH is 3. The molecule has 8 heteroatoms. The number of carbonyl (C=O) groups is 2. The molecule has 0 spiro atoms. The molecule has 0 aromatic heterocycles. The lowest BCUT2D eigenvalue weighted by molar-refractivity contribution is -0.139. The van der Waals surface area contributed by atoms with Crippen molar-refractivity contribution in [1.29, 1.82) is 0 Å². The van der Waals surface area contributed by atoms with E-state index >= 15 is 0 Å². The van der Waals surface area contributed by atoms with Crippen LogP contribution in [0.1, 0.15) is 18.4 Å². The number of carboxylic acid groups (broad SMARTS) is 1. The first-order valence-corrected chi connectivity index (χ1v) is 7.08. The number of nitrogens with one attached hydrogen (secondary N) is 1. The first kappa shape index (κ1) is 18.9. The minimum absolute atomic E-state index is 0.0303. The average Bonchev–Trinajstić information content (AvgIpc) is 2.50. The second kappa shape index (κ2) is 9.78. The van der Waals surface area contributed by atoms with Crippen LogP contribution in [-0.2, 0) is 16.1 Å². The monoisotopic (exact) mass is 327 g/mol. The van der Waals surface area contributed by atoms with Gasteiger partial charge in [0.15, 0.2) is 0 Å². The molecule has 0 bridgehead atoms. The Hall–Kier alpha value is -2.16. The summed E-state index contributed by atoms with van der Waals surface area (Å²) in [5.41, 5.74) is 0.778. The summed E-state index contributed by atoms with van der Waals surface area (Å²) in [6, 6.07) is 7.88. The number of ether oxygens (including phenoxy) is 1. The number of aliphatic hydroxyl groups is 3. The van der Waals surface area contributed by atoms with Crippen LogP contribution in [0.25, 0.3) is 0 Å². The molecule has 8 nitrogen and oxygen atoms in total. The standard InChI is InChI=1S/C15H21NO7/c17-8-12(13(19)6-11(18)7-14(20)21)16-15(22)23-9-10-4-2-1-3-5-10/h1-5,11-13,17-19H,6-9H2,(H,16,22)(H,20,21)/t11-,12-,13-/m0/s1. The molecule has 3 atom stereocenters. The fourth-order valence-electron chi connectivity index (χ4n) is 1.91. The van der Waals surface area contributed by atoms with Gasteiger partial charge >= 0.3 is 12.1 Å². The Labute approximate surface area is 133 Å². The molecule has 0 aliphatic carbocycles. The number of hydrogen-bond acceptors (Lipinski definition) is 6. The molecule has 0 heterocycles. The van der Waals surface area contributed by atoms with Gasteiger partial charge in [0, 0.05) is 6.42 Å². The van der Waals surface area contributed by atoms with Crippen molar-refractivity contribution in [2.75, 3.05) is 6.61 Å². The van der Waals surface area contributed by atoms with E-state index in [9.17, 15) is 24.9 Å². The summed E-state index contributed by atoms with van der Waals surface area (Å²) in [5, 5.41) is 39.3. The first-order chi connectivity index (χ1) is 10.9. The molecule has 1 rings (SSSR count). The van der Waals surface area contributed by atoms with Crippen LogP contribution in [0.3, 0.4) is 0 Å². The minimum atomic E-state index is -1.31. The number of rotatable bonds is 9. The molecule has 0 aliphatic rings. The molecular formula is C15H21NO7. The van der Waals surface area contributed by atoms with Gasteiger partial charge < -0.3 is 30.5 Å². The normalized spacial score (nSPS) is 14.6. The fraction of sp³-hybridized carbons (Fsp3) is 0.467. The number of amides is 1. The van der Waals surface area contributed by atoms with E-state index in [1.807, 2.05) is 6.07 Å². The van der Waals surface area contributed by atoms with Crippen molar-refractivity contribution in [3.05, 3.63) is 35.9 Å². The number of aliphatic carboxylic acids is 1. The zero-order valence-corrected chi connectivity index (χ0v) is 12.5. The number of alkyl carbamates (subject to hydrolysis) is 1. The lowest BCUT2D eigenvalue weighted by atomic mass is 10.0. The summed E-state index contributed by atoms with van der Waals surface area (Å²) in [7, 11) is 0. The molecule has 23 heavy (non-hydrogen) atoms. The Morgan fingerprint density at radius 3 is 2.39 bits per heavy atom. The highest BCUT2D eigenvalue weighted by Crippen LogP contribution is 2.07. The highest BCUT2D eigenvalue weighted by Gasteiger charge is 2.24. The van der Waals surface area contributed by atoms with Crippen LogP contribution in [0.2, 0.25) is 0 Å². The van der Waals surface area contributed by atoms with Crippen LogP contribution in [0.4, 0.5) is 4.79 Å². The molecule has 0 aliphatic heterocycles. The van der Waals surface area contributed by atoms with Gasteiger partial charge in [0.05, 0.1) is 31.3 Å². The van der Waals surface area contributed by atoms with Gasteiger partial charge in [0.25, 0.3) is 0 Å². The molecule has 0 saturated heterocycles. The average molecular weight is 327 g/mol. The minimum Gasteiger partial charge on any atom is -0.481 e. The molecular weight excluding hydrogens is 306 g/mol. The third kappa shape index (κ3) is 7.59. The van der Waals surface area contributed by atoms with Gasteiger partial charge in [-0.05, 0) is 5.56 Å². The molecule has 0 radical (unpaired) electrons. The van der Waals surface area contributed by atoms with Crippen molar-refractivity contribution < 1.29 is 34.8 Å². The van der Waals surface area contributed by atoms with Crippen molar-refractivity contribution in [2.45, 2.75) is 37.7 Å². The van der Waals surface area contributed by atoms with Crippen molar-refractivity contribution in [3.8, 4) is 0 Å². The molecule has 128 valence electrons. The van der Waals surface area contributed by atoms with Gasteiger partial charge in [0.1, 0.15) is 6.61 Å². The Morgan fingerprint density at radius 1 is 1.17 bits per heavy atom. The van der Waals surface area contributed by atoms with Crippen LogP contribution in [0.5, 0.6) is 0 Å². The maximum Gasteiger partial charge on any atom is 0.407 e. The summed E-state index contributed by atoms with van der Waals surface area (Å²) in [6.07, 6.45) is -4.25. The smallest absolute Gasteiger partial charge is 0.407 e. The van der Waals surface area contributed by atoms with Crippen molar-refractivity contribution in [1.82, 2.24) is 5.32 Å². The highest BCUT2D eigenvalue weighted by atomic mass is 16.5. The maximum absolute atomic E-state index is 11.6. The van der Waals surface area contributed by atoms with Crippen molar-refractivity contribution >= 4 is 12.1 Å². The second-order valence-electron chi connectivity index (χ2n) is 5.05. The molecule has 5 N–H and O–H groups in total. The van der Waals surface area contributed by atoms with Gasteiger partial charge in [0.2, 0.25) is 0 Å². The van der Waals surface area contributed by atoms with E-state index in [0.717, 1.165) is 5.56 Å². The Balaban J connectivity index is 2.41. The quantitative estimate of drug-likeness (QED) is 0.426. The molecule has 1 amide bonds. The summed E-state index contributed by atoms with van der Waals surface area (Å²) in [5.74, 6) is -1.21. The van der Waals surface area contributed by atoms with Gasteiger partial charge in [-0.25, -0.2) is 4.79 Å². The Bertz CT molecular complexity index is 494. The first-order valence-electron chi connectivity index (χ1n) is 7.08. The number of carbonyl (C=O) groups excluding carboxylic acids is 1. The number of hydrogen-bond donors (Lipinski definition) is 5. The largest absolute Gasteiger partial charge is 0.481 e. The van der Waals surface area contributed by atoms with Crippen molar-refractivity contribution in [2.24, 2.45) is 0 Å². The zero-order valence-electron chi connectivity index (χ0n) is 12.5. The molecule has 1 aromatic carbocycles. The topological polar surface area (TPSA) is 136 Å². The zero-order chi connectivity index (χ0) is 17.2. The van der Waals surface area contributed by atoms with Crippen LogP contribution >= 0.6 is 0 Å². The van der Waals surface area contributed by atoms with E-state index in [2.05, 4.69) is 5.32 Å². The summed E-state index contributed by atoms with van der Waals surface area (Å²) >= 11 is 0. The van der Waals surface area contributed by atoms with Crippen LogP contribution < -0.4 is 5.32 Å². The SMILES string of the molecule is O=C(O)C[C@@H](O)C[C@H](O)[C@H](CO)NC(=O)OCc1ccccc1. The summed E-state index contributed by atoms with van der Waals surface area (Å²) < 4.78 is 4.95. The third-order valence-corrected chi connectivity index (χ3v) is 3.10. The van der Waals surface area contributed by atoms with E-state index in [-0.39, 0.29) is 13.0 Å². The third-order valence-electron chi connectivity index (χ3n) is 3.10. The highest BCUT2D eigenvalue weighted by molar-refractivity contribution is 5.68. The van der Waals surface area contributed by atoms with Gasteiger partial charge in [-0.3, -0.25) is 4.79 Å². The van der Waals surface area contributed by atoms with Crippen LogP contribution in [0, 0.1) is 0 Å². The maximum atomic E-state index is 11.6. The van der Waals surface area contributed by atoms with Crippen LogP contribution in [0.15, 0.2) is 30.3 Å². The lowest BCUT2D eigenvalue weighted by Gasteiger charge is -2.23. The fourth-order valence-corrected chi connectivity index (χ4v) is 1.91. The predicted octanol–water partition coefficient (Wildman–Crippen LogP) is -0.140. The summed E-state index contributed by atoms with van der Waals surface area (Å²) in [6.45, 7) is -0.552. The predicted molar refractivity (Wildman–Crippen MR) is 79.5 cm³/mol. The van der Waals surface area contributed by atoms with Gasteiger partial charge in [-0.2, -0.15) is 0 Å². The Morgan fingerprint density at radius 2 is 1.83 bits per heavy atom. The van der Waals surface area contributed by atoms with Gasteiger partial charge in [-0.15, -0.1) is 0 Å². The van der Waals surface area contributed by atoms with E-state index in [0.29, 0.717) is 0 Å². The second-order valence-corrected chi connectivity index (χ2v) is 5.05. The van der Waals surface area contributed by atoms with E-state index in [1.54, 1.807) is 24.3 Å². The van der Waals surface area contributed by atoms with E-state index in [4.69, 9.17) is 9.84 Å². The van der Waals surface area contributed by atoms with E-state index in [1.165, 1.54) is 0 Å².